The molecule has 2 nitrogen and oxygen atoms in total. The molecule has 0 radical (unpaired) electrons. The Balaban J connectivity index is 2.11. The van der Waals surface area contributed by atoms with E-state index in [4.69, 9.17) is 25.0 Å². The van der Waals surface area contributed by atoms with Crippen molar-refractivity contribution in [2.24, 2.45) is 0 Å². The molecule has 2 atom stereocenters. The molecule has 0 bridgehead atoms. The molecule has 0 aliphatic carbocycles. The van der Waals surface area contributed by atoms with Gasteiger partial charge in [-0.3, -0.25) is 0 Å². The predicted octanol–water partition coefficient (Wildman–Crippen LogP) is 5.20. The van der Waals surface area contributed by atoms with Gasteiger partial charge < -0.3 is 0 Å². The lowest BCUT2D eigenvalue weighted by atomic mass is 9.97. The summed E-state index contributed by atoms with van der Waals surface area (Å²) < 4.78 is 16.6. The minimum Gasteiger partial charge on any atom is -0.211 e. The highest BCUT2D eigenvalue weighted by atomic mass is 35.7. The van der Waals surface area contributed by atoms with Crippen LogP contribution in [-0.4, -0.2) is 9.96 Å². The number of rotatable bonds is 3. The van der Waals surface area contributed by atoms with Gasteiger partial charge in [0.2, 0.25) is 0 Å². The van der Waals surface area contributed by atoms with Crippen LogP contribution in [0.25, 0.3) is 5.57 Å². The zero-order valence-electron chi connectivity index (χ0n) is 10.9. The molecule has 3 rings (SSSR count). The molecule has 0 fully saturated rings. The number of benzene rings is 2. The van der Waals surface area contributed by atoms with Gasteiger partial charge in [0.05, 0.1) is 0 Å². The van der Waals surface area contributed by atoms with Gasteiger partial charge in [0.25, 0.3) is 10.3 Å². The summed E-state index contributed by atoms with van der Waals surface area (Å²) in [5, 5.41) is 0. The van der Waals surface area contributed by atoms with Crippen LogP contribution in [0.2, 0.25) is 0 Å². The molecule has 0 aromatic heterocycles. The molecule has 2 unspecified atom stereocenters. The van der Waals surface area contributed by atoms with Crippen molar-refractivity contribution in [2.45, 2.75) is 4.90 Å². The van der Waals surface area contributed by atoms with Gasteiger partial charge in [0.1, 0.15) is 0 Å². The minimum atomic E-state index is -2.18. The zero-order chi connectivity index (χ0) is 14.9. The van der Waals surface area contributed by atoms with E-state index in [-0.39, 0.29) is 0 Å². The Morgan fingerprint density at radius 2 is 1.71 bits per heavy atom. The molecule has 1 aliphatic heterocycles. The van der Waals surface area contributed by atoms with Gasteiger partial charge in [-0.1, -0.05) is 54.6 Å². The van der Waals surface area contributed by atoms with Crippen molar-refractivity contribution in [2.75, 3.05) is 5.75 Å². The molecule has 0 N–H and O–H groups in total. The largest absolute Gasteiger partial charge is 0.267 e. The Kier molecular flexibility index (Phi) is 4.43. The Labute approximate surface area is 136 Å². The lowest BCUT2D eigenvalue weighted by molar-refractivity contribution is 0.617. The van der Waals surface area contributed by atoms with E-state index in [1.165, 1.54) is 0 Å². The smallest absolute Gasteiger partial charge is 0.211 e. The average Bonchev–Trinajstić information content (AvgIpc) is 2.48. The van der Waals surface area contributed by atoms with Gasteiger partial charge in [0.15, 0.2) is 0 Å². The van der Waals surface area contributed by atoms with Crippen LogP contribution in [0.15, 0.2) is 65.6 Å². The second kappa shape index (κ2) is 6.15. The molecule has 0 amide bonds. The van der Waals surface area contributed by atoms with Crippen molar-refractivity contribution in [3.8, 4) is 0 Å². The van der Waals surface area contributed by atoms with E-state index >= 15 is 0 Å². The van der Waals surface area contributed by atoms with E-state index in [2.05, 4.69) is 12.1 Å². The summed E-state index contributed by atoms with van der Waals surface area (Å²) >= 11 is 0. The van der Waals surface area contributed by atoms with E-state index < -0.39 is 19.8 Å². The Hall–Kier alpha value is -0.780. The first-order valence-electron chi connectivity index (χ1n) is 6.24. The SMILES string of the molecule is O=S(Cl)OS1(Cl)CC=C(c2ccccc2)c2ccccc21. The number of halogens is 2. The molecule has 2 aromatic rings. The molecular weight excluding hydrogens is 347 g/mol. The third-order valence-corrected chi connectivity index (χ3v) is 7.96. The summed E-state index contributed by atoms with van der Waals surface area (Å²) in [6.45, 7) is 0. The number of hydrogen-bond donors (Lipinski definition) is 0. The van der Waals surface area contributed by atoms with Gasteiger partial charge in [0, 0.05) is 21.3 Å². The third kappa shape index (κ3) is 3.05. The predicted molar refractivity (Wildman–Crippen MR) is 91.6 cm³/mol. The molecule has 110 valence electrons. The van der Waals surface area contributed by atoms with Crippen LogP contribution in [0.4, 0.5) is 0 Å². The van der Waals surface area contributed by atoms with Crippen molar-refractivity contribution >= 4 is 46.8 Å². The maximum Gasteiger partial charge on any atom is 0.267 e. The second-order valence-corrected chi connectivity index (χ2v) is 9.65. The first-order valence-corrected chi connectivity index (χ1v) is 10.7. The molecule has 0 saturated carbocycles. The molecule has 6 heteroatoms. The van der Waals surface area contributed by atoms with Gasteiger partial charge >= 0.3 is 0 Å². The normalized spacial score (nSPS) is 25.3. The Morgan fingerprint density at radius 3 is 2.43 bits per heavy atom. The lowest BCUT2D eigenvalue weighted by Gasteiger charge is -2.35. The molecule has 2 aromatic carbocycles. The standard InChI is InChI=1S/C15H12Cl2O2S2/c16-20(18)19-21(17)11-10-13(12-6-2-1-3-7-12)14-8-4-5-9-15(14)21/h1-10H,11H2. The third-order valence-electron chi connectivity index (χ3n) is 3.25. The highest BCUT2D eigenvalue weighted by Crippen LogP contribution is 2.66. The molecular formula is C15H12Cl2O2S2. The summed E-state index contributed by atoms with van der Waals surface area (Å²) in [6, 6.07) is 17.9. The first kappa shape index (κ1) is 15.1. The first-order chi connectivity index (χ1) is 10.1. The zero-order valence-corrected chi connectivity index (χ0v) is 14.0. The van der Waals surface area contributed by atoms with E-state index in [1.54, 1.807) is 0 Å². The topological polar surface area (TPSA) is 26.3 Å². The van der Waals surface area contributed by atoms with Crippen LogP contribution < -0.4 is 0 Å². The molecule has 0 spiro atoms. The van der Waals surface area contributed by atoms with E-state index in [0.717, 1.165) is 21.6 Å². The van der Waals surface area contributed by atoms with Crippen LogP contribution in [-0.2, 0) is 13.9 Å². The number of fused-ring (bicyclic) bond motifs is 1. The summed E-state index contributed by atoms with van der Waals surface area (Å²) in [5.74, 6) is 0.480. The lowest BCUT2D eigenvalue weighted by Crippen LogP contribution is -2.10. The number of hydrogen-bond acceptors (Lipinski definition) is 2. The van der Waals surface area contributed by atoms with E-state index in [0.29, 0.717) is 5.75 Å². The molecule has 0 saturated heterocycles. The van der Waals surface area contributed by atoms with Gasteiger partial charge in [-0.05, 0) is 43.0 Å². The quantitative estimate of drug-likeness (QED) is 0.705. The van der Waals surface area contributed by atoms with E-state index in [9.17, 15) is 4.21 Å². The Bertz CT molecular complexity index is 719. The van der Waals surface area contributed by atoms with Crippen molar-refractivity contribution < 1.29 is 7.84 Å². The second-order valence-electron chi connectivity index (χ2n) is 4.50. The fraction of sp³-hybridized carbons (Fsp3) is 0.0667. The van der Waals surface area contributed by atoms with Crippen LogP contribution in [0.5, 0.6) is 0 Å². The fourth-order valence-corrected chi connectivity index (χ4v) is 6.97. The summed E-state index contributed by atoms with van der Waals surface area (Å²) in [5.41, 5.74) is 3.23. The maximum absolute atomic E-state index is 11.2. The molecule has 21 heavy (non-hydrogen) atoms. The fourth-order valence-electron chi connectivity index (χ4n) is 2.39. The van der Waals surface area contributed by atoms with Gasteiger partial charge in [-0.15, -0.1) is 0 Å². The summed E-state index contributed by atoms with van der Waals surface area (Å²) in [6.07, 6.45) is 2.03. The van der Waals surface area contributed by atoms with Crippen molar-refractivity contribution in [3.63, 3.8) is 0 Å². The molecule has 1 heterocycles. The Morgan fingerprint density at radius 1 is 1.05 bits per heavy atom. The van der Waals surface area contributed by atoms with Crippen LogP contribution in [0, 0.1) is 0 Å². The van der Waals surface area contributed by atoms with Crippen molar-refractivity contribution in [1.29, 1.82) is 0 Å². The van der Waals surface area contributed by atoms with Gasteiger partial charge in [-0.25, -0.2) is 7.84 Å². The average molecular weight is 359 g/mol. The van der Waals surface area contributed by atoms with Gasteiger partial charge in [-0.2, -0.15) is 0 Å². The highest BCUT2D eigenvalue weighted by molar-refractivity contribution is 8.50. The van der Waals surface area contributed by atoms with Crippen molar-refractivity contribution in [3.05, 3.63) is 71.8 Å². The minimum absolute atomic E-state index is 0.480. The van der Waals surface area contributed by atoms with Crippen LogP contribution >= 0.6 is 30.9 Å². The highest BCUT2D eigenvalue weighted by Gasteiger charge is 2.33. The summed E-state index contributed by atoms with van der Waals surface area (Å²) in [7, 11) is 7.99. The summed E-state index contributed by atoms with van der Waals surface area (Å²) in [4.78, 5) is 0.863. The van der Waals surface area contributed by atoms with Crippen LogP contribution in [0.1, 0.15) is 11.1 Å². The molecule has 1 aliphatic rings. The van der Waals surface area contributed by atoms with Crippen molar-refractivity contribution in [1.82, 2.24) is 0 Å². The maximum atomic E-state index is 11.2. The monoisotopic (exact) mass is 358 g/mol. The van der Waals surface area contributed by atoms with Crippen LogP contribution in [0.3, 0.4) is 0 Å². The van der Waals surface area contributed by atoms with E-state index in [1.807, 2.05) is 48.5 Å².